The number of aromatic nitrogens is 5. The van der Waals surface area contributed by atoms with Crippen LogP contribution in [0.5, 0.6) is 0 Å². The van der Waals surface area contributed by atoms with Gasteiger partial charge < -0.3 is 0 Å². The van der Waals surface area contributed by atoms with E-state index in [9.17, 15) is 4.79 Å². The van der Waals surface area contributed by atoms with Crippen molar-refractivity contribution in [1.82, 2.24) is 24.5 Å². The van der Waals surface area contributed by atoms with Gasteiger partial charge in [-0.15, -0.1) is 5.10 Å². The summed E-state index contributed by atoms with van der Waals surface area (Å²) < 4.78 is 3.45. The van der Waals surface area contributed by atoms with Crippen molar-refractivity contribution in [2.45, 2.75) is 33.9 Å². The first kappa shape index (κ1) is 17.2. The molecule has 0 aliphatic carbocycles. The van der Waals surface area contributed by atoms with Gasteiger partial charge in [0.15, 0.2) is 0 Å². The third-order valence-electron chi connectivity index (χ3n) is 3.90. The topological polar surface area (TPSA) is 77.6 Å². The molecular formula is C17H19ClN6O. The molecule has 2 aromatic heterocycles. The molecule has 3 aromatic rings. The Morgan fingerprint density at radius 2 is 2.08 bits per heavy atom. The van der Waals surface area contributed by atoms with Gasteiger partial charge >= 0.3 is 0 Å². The van der Waals surface area contributed by atoms with Crippen LogP contribution in [0.2, 0.25) is 5.02 Å². The minimum atomic E-state index is -0.254. The van der Waals surface area contributed by atoms with Gasteiger partial charge in [0, 0.05) is 17.3 Å². The Morgan fingerprint density at radius 3 is 2.76 bits per heavy atom. The van der Waals surface area contributed by atoms with Crippen molar-refractivity contribution >= 4 is 23.5 Å². The molecule has 130 valence electrons. The van der Waals surface area contributed by atoms with Crippen LogP contribution in [0.1, 0.15) is 34.2 Å². The van der Waals surface area contributed by atoms with Crippen molar-refractivity contribution < 1.29 is 4.79 Å². The van der Waals surface area contributed by atoms with Crippen LogP contribution in [0.15, 0.2) is 30.6 Å². The van der Waals surface area contributed by atoms with E-state index in [1.54, 1.807) is 15.7 Å². The number of rotatable bonds is 5. The van der Waals surface area contributed by atoms with Crippen LogP contribution in [0, 0.1) is 13.8 Å². The molecule has 0 unspecified atom stereocenters. The fourth-order valence-electron chi connectivity index (χ4n) is 2.75. The van der Waals surface area contributed by atoms with Crippen LogP contribution in [-0.4, -0.2) is 30.5 Å². The largest absolute Gasteiger partial charge is 0.289 e. The SMILES string of the molecule is CCn1nc(C)c(C(=O)Nc2ncn(Cc3cccc(Cl)c3)n2)c1C. The maximum absolute atomic E-state index is 12.5. The zero-order valence-corrected chi connectivity index (χ0v) is 15.1. The first-order valence-electron chi connectivity index (χ1n) is 7.97. The molecule has 0 spiro atoms. The van der Waals surface area contributed by atoms with Crippen molar-refractivity contribution in [3.8, 4) is 0 Å². The van der Waals surface area contributed by atoms with Crippen LogP contribution in [-0.2, 0) is 13.1 Å². The normalized spacial score (nSPS) is 10.9. The second-order valence-electron chi connectivity index (χ2n) is 5.71. The molecule has 1 N–H and O–H groups in total. The second kappa shape index (κ2) is 7.06. The third-order valence-corrected chi connectivity index (χ3v) is 4.14. The average molecular weight is 359 g/mol. The van der Waals surface area contributed by atoms with Crippen LogP contribution < -0.4 is 5.32 Å². The summed E-state index contributed by atoms with van der Waals surface area (Å²) in [7, 11) is 0. The van der Waals surface area contributed by atoms with Crippen LogP contribution >= 0.6 is 11.6 Å². The highest BCUT2D eigenvalue weighted by atomic mass is 35.5. The van der Waals surface area contributed by atoms with E-state index >= 15 is 0 Å². The molecule has 0 saturated carbocycles. The maximum Gasteiger partial charge on any atom is 0.261 e. The van der Waals surface area contributed by atoms with Crippen LogP contribution in [0.3, 0.4) is 0 Å². The summed E-state index contributed by atoms with van der Waals surface area (Å²) in [6.45, 7) is 6.92. The van der Waals surface area contributed by atoms with E-state index in [2.05, 4.69) is 20.5 Å². The van der Waals surface area contributed by atoms with E-state index in [-0.39, 0.29) is 11.9 Å². The van der Waals surface area contributed by atoms with E-state index in [1.807, 2.05) is 45.0 Å². The summed E-state index contributed by atoms with van der Waals surface area (Å²) in [6.07, 6.45) is 1.58. The molecule has 0 bridgehead atoms. The monoisotopic (exact) mass is 358 g/mol. The number of carbonyl (C=O) groups is 1. The predicted octanol–water partition coefficient (Wildman–Crippen LogP) is 3.07. The Balaban J connectivity index is 1.73. The highest BCUT2D eigenvalue weighted by molar-refractivity contribution is 6.30. The first-order chi connectivity index (χ1) is 12.0. The minimum absolute atomic E-state index is 0.254. The molecule has 2 heterocycles. The number of hydrogen-bond acceptors (Lipinski definition) is 4. The van der Waals surface area contributed by atoms with E-state index < -0.39 is 0 Å². The van der Waals surface area contributed by atoms with Crippen molar-refractivity contribution in [1.29, 1.82) is 0 Å². The Bertz CT molecular complexity index is 914. The van der Waals surface area contributed by atoms with Gasteiger partial charge in [-0.1, -0.05) is 23.7 Å². The fraction of sp³-hybridized carbons (Fsp3) is 0.294. The Kier molecular flexibility index (Phi) is 4.85. The Labute approximate surface area is 150 Å². The molecule has 0 radical (unpaired) electrons. The second-order valence-corrected chi connectivity index (χ2v) is 6.15. The molecule has 3 rings (SSSR count). The smallest absolute Gasteiger partial charge is 0.261 e. The summed E-state index contributed by atoms with van der Waals surface area (Å²) in [4.78, 5) is 16.7. The predicted molar refractivity (Wildman–Crippen MR) is 95.9 cm³/mol. The lowest BCUT2D eigenvalue weighted by Crippen LogP contribution is -2.15. The van der Waals surface area contributed by atoms with Crippen molar-refractivity contribution in [3.05, 3.63) is 58.1 Å². The summed E-state index contributed by atoms with van der Waals surface area (Å²) >= 11 is 5.99. The molecular weight excluding hydrogens is 340 g/mol. The van der Waals surface area contributed by atoms with Gasteiger partial charge in [0.25, 0.3) is 5.91 Å². The Morgan fingerprint density at radius 1 is 1.28 bits per heavy atom. The van der Waals surface area contributed by atoms with E-state index in [0.717, 1.165) is 11.3 Å². The zero-order chi connectivity index (χ0) is 18.0. The van der Waals surface area contributed by atoms with Crippen LogP contribution in [0.25, 0.3) is 0 Å². The van der Waals surface area contributed by atoms with Gasteiger partial charge in [-0.25, -0.2) is 9.67 Å². The number of benzene rings is 1. The minimum Gasteiger partial charge on any atom is -0.289 e. The lowest BCUT2D eigenvalue weighted by Gasteiger charge is -2.03. The fourth-order valence-corrected chi connectivity index (χ4v) is 2.96. The van der Waals surface area contributed by atoms with E-state index in [1.165, 1.54) is 0 Å². The van der Waals surface area contributed by atoms with Crippen LogP contribution in [0.4, 0.5) is 5.95 Å². The standard InChI is InChI=1S/C17H19ClN6O/c1-4-24-12(3)15(11(2)21-24)16(25)20-17-19-10-23(22-17)9-13-6-5-7-14(18)8-13/h5-8,10H,4,9H2,1-3H3,(H,20,22,25). The van der Waals surface area contributed by atoms with Crippen molar-refractivity contribution in [2.24, 2.45) is 0 Å². The number of nitrogens with zero attached hydrogens (tertiary/aromatic N) is 5. The zero-order valence-electron chi connectivity index (χ0n) is 14.3. The molecule has 0 aliphatic rings. The summed E-state index contributed by atoms with van der Waals surface area (Å²) in [5.41, 5.74) is 3.09. The average Bonchev–Trinajstić information content (AvgIpc) is 3.11. The number of nitrogens with one attached hydrogen (secondary N) is 1. The summed E-state index contributed by atoms with van der Waals surface area (Å²) in [6, 6.07) is 7.53. The molecule has 0 fully saturated rings. The van der Waals surface area contributed by atoms with Gasteiger partial charge in [0.05, 0.1) is 17.8 Å². The third kappa shape index (κ3) is 3.71. The molecule has 25 heavy (non-hydrogen) atoms. The van der Waals surface area contributed by atoms with Crippen molar-refractivity contribution in [3.63, 3.8) is 0 Å². The van der Waals surface area contributed by atoms with E-state index in [0.29, 0.717) is 29.4 Å². The molecule has 0 saturated heterocycles. The molecule has 0 atom stereocenters. The molecule has 1 amide bonds. The first-order valence-corrected chi connectivity index (χ1v) is 8.35. The highest BCUT2D eigenvalue weighted by Crippen LogP contribution is 2.15. The maximum atomic E-state index is 12.5. The van der Waals surface area contributed by atoms with Crippen molar-refractivity contribution in [2.75, 3.05) is 5.32 Å². The van der Waals surface area contributed by atoms with Gasteiger partial charge in [0.1, 0.15) is 6.33 Å². The van der Waals surface area contributed by atoms with E-state index in [4.69, 9.17) is 11.6 Å². The number of halogens is 1. The molecule has 8 heteroatoms. The molecule has 0 aliphatic heterocycles. The number of anilines is 1. The number of amides is 1. The molecule has 1 aromatic carbocycles. The van der Waals surface area contributed by atoms with Gasteiger partial charge in [-0.2, -0.15) is 5.10 Å². The van der Waals surface area contributed by atoms with Gasteiger partial charge in [-0.05, 0) is 38.5 Å². The highest BCUT2D eigenvalue weighted by Gasteiger charge is 2.19. The quantitative estimate of drug-likeness (QED) is 0.760. The molecule has 7 nitrogen and oxygen atoms in total. The number of carbonyl (C=O) groups excluding carboxylic acids is 1. The van der Waals surface area contributed by atoms with Gasteiger partial charge in [-0.3, -0.25) is 14.8 Å². The summed E-state index contributed by atoms with van der Waals surface area (Å²) in [5, 5.41) is 12.1. The lowest BCUT2D eigenvalue weighted by atomic mass is 10.2. The lowest BCUT2D eigenvalue weighted by molar-refractivity contribution is 0.102. The Hall–Kier alpha value is -2.67. The number of aryl methyl sites for hydroxylation is 2. The number of hydrogen-bond donors (Lipinski definition) is 1. The summed E-state index contributed by atoms with van der Waals surface area (Å²) in [5.74, 6) is 0.00489. The van der Waals surface area contributed by atoms with Gasteiger partial charge in [0.2, 0.25) is 5.95 Å².